The zero-order valence-electron chi connectivity index (χ0n) is 19.1. The van der Waals surface area contributed by atoms with Gasteiger partial charge in [0.2, 0.25) is 5.91 Å². The summed E-state index contributed by atoms with van der Waals surface area (Å²) in [4.78, 5) is 46.2. The summed E-state index contributed by atoms with van der Waals surface area (Å²) in [6.07, 6.45) is 0.659. The van der Waals surface area contributed by atoms with Gasteiger partial charge in [0, 0.05) is 42.9 Å². The molecule has 2 heterocycles. The molecule has 0 bridgehead atoms. The van der Waals surface area contributed by atoms with E-state index in [-0.39, 0.29) is 23.0 Å². The Morgan fingerprint density at radius 2 is 2.03 bits per heavy atom. The molecule has 0 aliphatic carbocycles. The fourth-order valence-electron chi connectivity index (χ4n) is 3.88. The minimum absolute atomic E-state index is 0.0669. The van der Waals surface area contributed by atoms with Crippen LogP contribution in [0.5, 0.6) is 5.75 Å². The summed E-state index contributed by atoms with van der Waals surface area (Å²) >= 11 is 1.18. The van der Waals surface area contributed by atoms with E-state index in [2.05, 4.69) is 20.2 Å². The number of ketones is 1. The number of hydrogen-bond donors (Lipinski definition) is 2. The van der Waals surface area contributed by atoms with Crippen molar-refractivity contribution in [3.63, 3.8) is 0 Å². The minimum atomic E-state index is -0.242. The Labute approximate surface area is 201 Å². The molecule has 0 saturated carbocycles. The zero-order valence-corrected chi connectivity index (χ0v) is 19.9. The van der Waals surface area contributed by atoms with Gasteiger partial charge >= 0.3 is 0 Å². The number of amides is 1. The molecule has 8 nitrogen and oxygen atoms in total. The van der Waals surface area contributed by atoms with Gasteiger partial charge in [0.15, 0.2) is 10.9 Å². The number of ether oxygens (including phenoxy) is 1. The highest BCUT2D eigenvalue weighted by molar-refractivity contribution is 7.99. The van der Waals surface area contributed by atoms with Crippen molar-refractivity contribution in [1.82, 2.24) is 14.9 Å². The molecule has 4 rings (SSSR count). The van der Waals surface area contributed by atoms with Crippen LogP contribution in [0, 0.1) is 0 Å². The molecule has 0 unspecified atom stereocenters. The molecule has 1 aliphatic rings. The Bertz CT molecular complexity index is 1270. The molecular weight excluding hydrogens is 452 g/mol. The van der Waals surface area contributed by atoms with Crippen molar-refractivity contribution in [3.8, 4) is 5.75 Å². The van der Waals surface area contributed by atoms with Crippen LogP contribution in [0.4, 0.5) is 5.69 Å². The van der Waals surface area contributed by atoms with Crippen molar-refractivity contribution in [2.75, 3.05) is 24.7 Å². The lowest BCUT2D eigenvalue weighted by Gasteiger charge is -2.28. The number of Topliss-reactive ketones (excluding diaryl/α,β-unsaturated/α-hetero) is 1. The SMILES string of the molecule is COc1ccccc1CN1CCc2nc(SCC(=O)Nc3cccc(C(C)=O)c3)[nH]c(=O)c2C1. The summed E-state index contributed by atoms with van der Waals surface area (Å²) in [5.41, 5.74) is 3.43. The van der Waals surface area contributed by atoms with Crippen molar-refractivity contribution in [1.29, 1.82) is 0 Å². The van der Waals surface area contributed by atoms with Gasteiger partial charge in [-0.05, 0) is 25.1 Å². The summed E-state index contributed by atoms with van der Waals surface area (Å²) < 4.78 is 5.44. The number of hydrogen-bond acceptors (Lipinski definition) is 7. The van der Waals surface area contributed by atoms with Crippen molar-refractivity contribution in [2.45, 2.75) is 31.6 Å². The van der Waals surface area contributed by atoms with E-state index in [0.717, 1.165) is 23.6 Å². The standard InChI is InChI=1S/C25H26N4O4S/c1-16(30)17-7-5-8-19(12-17)26-23(31)15-34-25-27-21-10-11-29(14-20(21)24(32)28-25)13-18-6-3-4-9-22(18)33-2/h3-9,12H,10-11,13-15H2,1-2H3,(H,26,31)(H,27,28,32). The summed E-state index contributed by atoms with van der Waals surface area (Å²) in [7, 11) is 1.65. The first-order valence-electron chi connectivity index (χ1n) is 10.9. The Hall–Kier alpha value is -3.43. The number of fused-ring (bicyclic) bond motifs is 1. The molecule has 0 fully saturated rings. The van der Waals surface area contributed by atoms with Crippen molar-refractivity contribution >= 4 is 29.1 Å². The number of H-pyrrole nitrogens is 1. The number of anilines is 1. The van der Waals surface area contributed by atoms with Gasteiger partial charge in [0.05, 0.1) is 24.1 Å². The van der Waals surface area contributed by atoms with Crippen LogP contribution in [-0.2, 0) is 24.3 Å². The first kappa shape index (κ1) is 23.7. The summed E-state index contributed by atoms with van der Waals surface area (Å²) in [5.74, 6) is 0.613. The van der Waals surface area contributed by atoms with Crippen LogP contribution in [0.3, 0.4) is 0 Å². The number of aromatic amines is 1. The van der Waals surface area contributed by atoms with E-state index >= 15 is 0 Å². The van der Waals surface area contributed by atoms with Gasteiger partial charge in [0.1, 0.15) is 5.75 Å². The number of thioether (sulfide) groups is 1. The molecule has 1 aromatic heterocycles. The van der Waals surface area contributed by atoms with Crippen LogP contribution >= 0.6 is 11.8 Å². The quantitative estimate of drug-likeness (QED) is 0.291. The number of carbonyl (C=O) groups excluding carboxylic acids is 2. The summed E-state index contributed by atoms with van der Waals surface area (Å²) in [6.45, 7) is 3.45. The lowest BCUT2D eigenvalue weighted by molar-refractivity contribution is -0.113. The van der Waals surface area contributed by atoms with E-state index in [0.29, 0.717) is 41.5 Å². The third kappa shape index (κ3) is 5.73. The van der Waals surface area contributed by atoms with Gasteiger partial charge in [0.25, 0.3) is 5.56 Å². The molecule has 34 heavy (non-hydrogen) atoms. The smallest absolute Gasteiger partial charge is 0.256 e. The zero-order chi connectivity index (χ0) is 24.1. The van der Waals surface area contributed by atoms with Crippen LogP contribution in [0.15, 0.2) is 58.5 Å². The lowest BCUT2D eigenvalue weighted by Crippen LogP contribution is -2.35. The molecule has 2 aromatic carbocycles. The van der Waals surface area contributed by atoms with E-state index in [9.17, 15) is 14.4 Å². The third-order valence-corrected chi connectivity index (χ3v) is 6.48. The number of rotatable bonds is 8. The third-order valence-electron chi connectivity index (χ3n) is 5.61. The highest BCUT2D eigenvalue weighted by Crippen LogP contribution is 2.23. The summed E-state index contributed by atoms with van der Waals surface area (Å²) in [6, 6.07) is 14.7. The first-order valence-corrected chi connectivity index (χ1v) is 11.9. The molecule has 0 saturated heterocycles. The van der Waals surface area contributed by atoms with Gasteiger partial charge in [-0.2, -0.15) is 0 Å². The topological polar surface area (TPSA) is 104 Å². The van der Waals surface area contributed by atoms with E-state index in [4.69, 9.17) is 4.74 Å². The Kier molecular flexibility index (Phi) is 7.44. The van der Waals surface area contributed by atoms with Crippen LogP contribution in [-0.4, -0.2) is 46.0 Å². The predicted octanol–water partition coefficient (Wildman–Crippen LogP) is 3.27. The Morgan fingerprint density at radius 3 is 2.82 bits per heavy atom. The molecule has 2 N–H and O–H groups in total. The number of aromatic nitrogens is 2. The number of nitrogens with zero attached hydrogens (tertiary/aromatic N) is 2. The number of nitrogens with one attached hydrogen (secondary N) is 2. The molecule has 9 heteroatoms. The monoisotopic (exact) mass is 478 g/mol. The lowest BCUT2D eigenvalue weighted by atomic mass is 10.1. The second kappa shape index (κ2) is 10.7. The van der Waals surface area contributed by atoms with Gasteiger partial charge < -0.3 is 15.0 Å². The van der Waals surface area contributed by atoms with Gasteiger partial charge in [-0.1, -0.05) is 42.1 Å². The molecule has 1 aliphatic heterocycles. The second-order valence-electron chi connectivity index (χ2n) is 8.04. The maximum atomic E-state index is 12.8. The molecule has 1 amide bonds. The van der Waals surface area contributed by atoms with E-state index in [1.165, 1.54) is 18.7 Å². The van der Waals surface area contributed by atoms with E-state index in [1.807, 2.05) is 24.3 Å². The van der Waals surface area contributed by atoms with Crippen LogP contribution < -0.4 is 15.6 Å². The minimum Gasteiger partial charge on any atom is -0.496 e. The largest absolute Gasteiger partial charge is 0.496 e. The van der Waals surface area contributed by atoms with Crippen molar-refractivity contribution in [3.05, 3.63) is 81.3 Å². The first-order chi connectivity index (χ1) is 16.4. The molecule has 3 aromatic rings. The molecular formula is C25H26N4O4S. The van der Waals surface area contributed by atoms with Crippen LogP contribution in [0.2, 0.25) is 0 Å². The average Bonchev–Trinajstić information content (AvgIpc) is 2.83. The van der Waals surface area contributed by atoms with Crippen molar-refractivity contribution in [2.24, 2.45) is 0 Å². The number of para-hydroxylation sites is 1. The Balaban J connectivity index is 1.37. The molecule has 0 radical (unpaired) electrons. The number of methoxy groups -OCH3 is 1. The van der Waals surface area contributed by atoms with Crippen molar-refractivity contribution < 1.29 is 14.3 Å². The number of carbonyl (C=O) groups is 2. The van der Waals surface area contributed by atoms with Gasteiger partial charge in [-0.25, -0.2) is 4.98 Å². The highest BCUT2D eigenvalue weighted by Gasteiger charge is 2.22. The van der Waals surface area contributed by atoms with E-state index in [1.54, 1.807) is 31.4 Å². The normalized spacial score (nSPS) is 13.2. The average molecular weight is 479 g/mol. The van der Waals surface area contributed by atoms with E-state index < -0.39 is 0 Å². The second-order valence-corrected chi connectivity index (χ2v) is 9.01. The van der Waals surface area contributed by atoms with Gasteiger partial charge in [-0.3, -0.25) is 19.3 Å². The van der Waals surface area contributed by atoms with Gasteiger partial charge in [-0.15, -0.1) is 0 Å². The highest BCUT2D eigenvalue weighted by atomic mass is 32.2. The fourth-order valence-corrected chi connectivity index (χ4v) is 4.56. The fraction of sp³-hybridized carbons (Fsp3) is 0.280. The summed E-state index contributed by atoms with van der Waals surface area (Å²) in [5, 5.41) is 3.20. The molecule has 0 atom stereocenters. The van der Waals surface area contributed by atoms with Crippen LogP contribution in [0.25, 0.3) is 0 Å². The Morgan fingerprint density at radius 1 is 1.21 bits per heavy atom. The number of benzene rings is 2. The molecule has 176 valence electrons. The maximum absolute atomic E-state index is 12.8. The predicted molar refractivity (Wildman–Crippen MR) is 131 cm³/mol. The van der Waals surface area contributed by atoms with Crippen LogP contribution in [0.1, 0.15) is 34.1 Å². The molecule has 0 spiro atoms. The maximum Gasteiger partial charge on any atom is 0.256 e.